The first-order valence-corrected chi connectivity index (χ1v) is 8.55. The minimum Gasteiger partial charge on any atom is -0.356 e. The summed E-state index contributed by atoms with van der Waals surface area (Å²) in [6.45, 7) is 0.553. The number of pyridine rings is 1. The largest absolute Gasteiger partial charge is 0.356 e. The number of amides is 2. The number of carbonyl (C=O) groups excluding carboxylic acids is 2. The molecule has 1 fully saturated rings. The van der Waals surface area contributed by atoms with Gasteiger partial charge < -0.3 is 16.0 Å². The van der Waals surface area contributed by atoms with Crippen LogP contribution in [0.25, 0.3) is 0 Å². The van der Waals surface area contributed by atoms with Crippen molar-refractivity contribution < 1.29 is 9.59 Å². The van der Waals surface area contributed by atoms with Crippen LogP contribution in [0.5, 0.6) is 0 Å². The number of nitrogens with zero attached hydrogens (tertiary/aromatic N) is 1. The van der Waals surface area contributed by atoms with Crippen molar-refractivity contribution in [2.45, 2.75) is 25.7 Å². The molecule has 0 aliphatic heterocycles. The Hall–Kier alpha value is -2.89. The Bertz CT molecular complexity index is 712. The summed E-state index contributed by atoms with van der Waals surface area (Å²) in [6, 6.07) is 11.3. The molecule has 6 heteroatoms. The van der Waals surface area contributed by atoms with E-state index in [1.54, 1.807) is 12.4 Å². The van der Waals surface area contributed by atoms with Gasteiger partial charge in [-0.1, -0.05) is 0 Å². The maximum absolute atomic E-state index is 11.9. The molecule has 0 bridgehead atoms. The minimum atomic E-state index is -0.0458. The van der Waals surface area contributed by atoms with Crippen LogP contribution in [0.1, 0.15) is 25.7 Å². The molecular weight excluding hydrogens is 316 g/mol. The van der Waals surface area contributed by atoms with Crippen molar-refractivity contribution in [1.82, 2.24) is 10.3 Å². The fourth-order valence-corrected chi connectivity index (χ4v) is 2.41. The van der Waals surface area contributed by atoms with Crippen LogP contribution in [0.4, 0.5) is 17.1 Å². The zero-order valence-electron chi connectivity index (χ0n) is 14.0. The second-order valence-electron chi connectivity index (χ2n) is 6.16. The topological polar surface area (TPSA) is 83.1 Å². The number of anilines is 3. The van der Waals surface area contributed by atoms with E-state index in [0.717, 1.165) is 29.9 Å². The maximum Gasteiger partial charge on any atom is 0.224 e. The molecule has 1 aliphatic carbocycles. The van der Waals surface area contributed by atoms with Crippen LogP contribution in [0.2, 0.25) is 0 Å². The van der Waals surface area contributed by atoms with Gasteiger partial charge in [0.25, 0.3) is 0 Å². The molecule has 1 aromatic carbocycles. The Morgan fingerprint density at radius 1 is 0.960 bits per heavy atom. The molecule has 6 nitrogen and oxygen atoms in total. The fraction of sp³-hybridized carbons (Fsp3) is 0.316. The third-order valence-corrected chi connectivity index (χ3v) is 3.97. The van der Waals surface area contributed by atoms with Gasteiger partial charge >= 0.3 is 0 Å². The highest BCUT2D eigenvalue weighted by Gasteiger charge is 2.28. The zero-order valence-corrected chi connectivity index (χ0v) is 14.0. The Labute approximate surface area is 147 Å². The average Bonchev–Trinajstić information content (AvgIpc) is 3.46. The van der Waals surface area contributed by atoms with Crippen LogP contribution in [0.15, 0.2) is 48.8 Å². The zero-order chi connectivity index (χ0) is 17.5. The number of carbonyl (C=O) groups is 2. The standard InChI is InChI=1S/C19H22N4O2/c24-18(2-1-11-21-19(25)14-3-4-14)23-16-7-5-15(6-8-16)22-17-9-12-20-13-10-17/h5-10,12-14H,1-4,11H2,(H,20,22)(H,21,25)(H,23,24). The van der Waals surface area contributed by atoms with Gasteiger partial charge in [-0.25, -0.2) is 0 Å². The van der Waals surface area contributed by atoms with Crippen molar-refractivity contribution >= 4 is 28.9 Å². The summed E-state index contributed by atoms with van der Waals surface area (Å²) >= 11 is 0. The predicted octanol–water partition coefficient (Wildman–Crippen LogP) is 3.07. The smallest absolute Gasteiger partial charge is 0.224 e. The van der Waals surface area contributed by atoms with E-state index in [1.807, 2.05) is 36.4 Å². The Morgan fingerprint density at radius 3 is 2.28 bits per heavy atom. The third kappa shape index (κ3) is 5.60. The van der Waals surface area contributed by atoms with Gasteiger partial charge in [0.05, 0.1) is 0 Å². The van der Waals surface area contributed by atoms with Crippen molar-refractivity contribution in [2.75, 3.05) is 17.2 Å². The van der Waals surface area contributed by atoms with Gasteiger partial charge in [0, 0.05) is 48.3 Å². The van der Waals surface area contributed by atoms with E-state index in [9.17, 15) is 9.59 Å². The van der Waals surface area contributed by atoms with E-state index < -0.39 is 0 Å². The van der Waals surface area contributed by atoms with E-state index in [1.165, 1.54) is 0 Å². The van der Waals surface area contributed by atoms with E-state index >= 15 is 0 Å². The van der Waals surface area contributed by atoms with E-state index in [4.69, 9.17) is 0 Å². The van der Waals surface area contributed by atoms with Crippen LogP contribution in [-0.4, -0.2) is 23.3 Å². The molecule has 1 saturated carbocycles. The lowest BCUT2D eigenvalue weighted by Gasteiger charge is -2.09. The lowest BCUT2D eigenvalue weighted by Crippen LogP contribution is -2.26. The van der Waals surface area contributed by atoms with E-state index in [-0.39, 0.29) is 17.7 Å². The van der Waals surface area contributed by atoms with Crippen molar-refractivity contribution in [2.24, 2.45) is 5.92 Å². The molecule has 1 heterocycles. The van der Waals surface area contributed by atoms with Crippen molar-refractivity contribution in [3.05, 3.63) is 48.8 Å². The lowest BCUT2D eigenvalue weighted by atomic mass is 10.2. The van der Waals surface area contributed by atoms with Crippen molar-refractivity contribution in [3.63, 3.8) is 0 Å². The molecule has 0 spiro atoms. The molecule has 0 saturated heterocycles. The van der Waals surface area contributed by atoms with Crippen LogP contribution in [-0.2, 0) is 9.59 Å². The van der Waals surface area contributed by atoms with Gasteiger partial charge in [-0.3, -0.25) is 14.6 Å². The monoisotopic (exact) mass is 338 g/mol. The summed E-state index contributed by atoms with van der Waals surface area (Å²) in [7, 11) is 0. The Balaban J connectivity index is 1.38. The normalized spacial score (nSPS) is 13.1. The summed E-state index contributed by atoms with van der Waals surface area (Å²) in [6.07, 6.45) is 6.48. The molecule has 2 aromatic rings. The average molecular weight is 338 g/mol. The fourth-order valence-electron chi connectivity index (χ4n) is 2.41. The molecule has 1 aliphatic rings. The number of benzene rings is 1. The summed E-state index contributed by atoms with van der Waals surface area (Å²) < 4.78 is 0. The lowest BCUT2D eigenvalue weighted by molar-refractivity contribution is -0.122. The molecule has 130 valence electrons. The van der Waals surface area contributed by atoms with Gasteiger partial charge in [-0.15, -0.1) is 0 Å². The van der Waals surface area contributed by atoms with Gasteiger partial charge in [0.15, 0.2) is 0 Å². The molecule has 3 rings (SSSR count). The summed E-state index contributed by atoms with van der Waals surface area (Å²) in [5.41, 5.74) is 2.65. The molecule has 25 heavy (non-hydrogen) atoms. The van der Waals surface area contributed by atoms with Crippen LogP contribution in [0.3, 0.4) is 0 Å². The summed E-state index contributed by atoms with van der Waals surface area (Å²) in [5.74, 6) is 0.293. The third-order valence-electron chi connectivity index (χ3n) is 3.97. The summed E-state index contributed by atoms with van der Waals surface area (Å²) in [5, 5.41) is 8.99. The van der Waals surface area contributed by atoms with Gasteiger partial charge in [0.2, 0.25) is 11.8 Å². The van der Waals surface area contributed by atoms with E-state index in [0.29, 0.717) is 19.4 Å². The molecule has 0 unspecified atom stereocenters. The first-order chi connectivity index (χ1) is 12.2. The number of hydrogen-bond donors (Lipinski definition) is 3. The van der Waals surface area contributed by atoms with Gasteiger partial charge in [0.1, 0.15) is 0 Å². The van der Waals surface area contributed by atoms with E-state index in [2.05, 4.69) is 20.9 Å². The highest BCUT2D eigenvalue weighted by atomic mass is 16.2. The summed E-state index contributed by atoms with van der Waals surface area (Å²) in [4.78, 5) is 27.4. The minimum absolute atomic E-state index is 0.0458. The quantitative estimate of drug-likeness (QED) is 0.646. The van der Waals surface area contributed by atoms with Crippen LogP contribution >= 0.6 is 0 Å². The SMILES string of the molecule is O=C(CCCNC(=O)C1CC1)Nc1ccc(Nc2ccncc2)cc1. The Morgan fingerprint density at radius 2 is 1.60 bits per heavy atom. The predicted molar refractivity (Wildman–Crippen MR) is 97.6 cm³/mol. The molecule has 1 aromatic heterocycles. The molecule has 2 amide bonds. The first kappa shape index (κ1) is 17.0. The molecule has 0 atom stereocenters. The number of nitrogens with one attached hydrogen (secondary N) is 3. The van der Waals surface area contributed by atoms with Gasteiger partial charge in [-0.05, 0) is 55.7 Å². The van der Waals surface area contributed by atoms with Crippen molar-refractivity contribution in [3.8, 4) is 0 Å². The molecular formula is C19H22N4O2. The number of rotatable bonds is 8. The van der Waals surface area contributed by atoms with Crippen molar-refractivity contribution in [1.29, 1.82) is 0 Å². The van der Waals surface area contributed by atoms with Gasteiger partial charge in [-0.2, -0.15) is 0 Å². The second kappa shape index (κ2) is 8.28. The van der Waals surface area contributed by atoms with Crippen LogP contribution < -0.4 is 16.0 Å². The molecule has 0 radical (unpaired) electrons. The van der Waals surface area contributed by atoms with Crippen LogP contribution in [0, 0.1) is 5.92 Å². The second-order valence-corrected chi connectivity index (χ2v) is 6.16. The number of aromatic nitrogens is 1. The Kier molecular flexibility index (Phi) is 5.61. The molecule has 3 N–H and O–H groups in total. The highest BCUT2D eigenvalue weighted by molar-refractivity contribution is 5.91. The number of hydrogen-bond acceptors (Lipinski definition) is 4. The maximum atomic E-state index is 11.9. The first-order valence-electron chi connectivity index (χ1n) is 8.55. The highest BCUT2D eigenvalue weighted by Crippen LogP contribution is 2.28.